The molecule has 3 fully saturated rings. The van der Waals surface area contributed by atoms with Crippen LogP contribution in [0, 0.1) is 5.82 Å². The molecule has 4 N–H and O–H groups in total. The molecule has 9 rings (SSSR count). The van der Waals surface area contributed by atoms with E-state index in [4.69, 9.17) is 0 Å². The molecule has 6 amide bonds. The summed E-state index contributed by atoms with van der Waals surface area (Å²) in [6.07, 6.45) is 4.22. The molecule has 76 heavy (non-hydrogen) atoms. The highest BCUT2D eigenvalue weighted by molar-refractivity contribution is 6.25. The Bertz CT molecular complexity index is 3000. The second kappa shape index (κ2) is 22.4. The summed E-state index contributed by atoms with van der Waals surface area (Å²) < 4.78 is 58.2. The second-order valence-corrected chi connectivity index (χ2v) is 20.1. The van der Waals surface area contributed by atoms with Gasteiger partial charge in [0.2, 0.25) is 29.2 Å². The number of H-pyrrole nitrogens is 1. The smallest absolute Gasteiger partial charge is 0.384 e. The fraction of sp³-hybridized carbons (Fsp3) is 0.453. The van der Waals surface area contributed by atoms with Crippen LogP contribution in [0.15, 0.2) is 65.9 Å². The first-order chi connectivity index (χ1) is 36.3. The number of nitrogens with one attached hydrogen (secondary N) is 4. The molecule has 0 bridgehead atoms. The monoisotopic (exact) mass is 1050 g/mol. The Kier molecular flexibility index (Phi) is 15.7. The van der Waals surface area contributed by atoms with Crippen molar-refractivity contribution in [3.63, 3.8) is 0 Å². The van der Waals surface area contributed by atoms with Crippen LogP contribution >= 0.6 is 0 Å². The number of anilines is 4. The number of piperidine rings is 1. The number of hydrogen-bond donors (Lipinski definition) is 4. The van der Waals surface area contributed by atoms with Gasteiger partial charge in [0, 0.05) is 132 Å². The number of unbranched alkanes of at least 4 members (excludes halogenated alkanes) is 2. The van der Waals surface area contributed by atoms with Gasteiger partial charge in [-0.3, -0.25) is 53.6 Å². The number of carbonyl (C=O) groups is 6. The van der Waals surface area contributed by atoms with Crippen molar-refractivity contribution in [2.45, 2.75) is 89.6 Å². The number of aromatic nitrogens is 3. The minimum atomic E-state index is -4.98. The lowest BCUT2D eigenvalue weighted by molar-refractivity contribution is -0.138. The van der Waals surface area contributed by atoms with E-state index in [2.05, 4.69) is 40.7 Å². The maximum absolute atomic E-state index is 16.2. The van der Waals surface area contributed by atoms with Crippen LogP contribution in [0.3, 0.4) is 0 Å². The minimum Gasteiger partial charge on any atom is -0.384 e. The number of aromatic amines is 1. The topological polar surface area (TPSA) is 217 Å². The van der Waals surface area contributed by atoms with Crippen LogP contribution in [0.25, 0.3) is 5.57 Å². The SMILES string of the molecule is C[C@@H]1CN(c2cc(F)c(C3=CCN(c4ncc(CN5CCN(C(=O)CCCCCNc6cccc7c6C(=O)N(C6CCC(=O)NC6=O)C7=O)CC5)cn4)CC3)cc2NC(=O)c2c[nH]c(=O)cc2C(F)(F)F)C[C@H](C)N1C. The van der Waals surface area contributed by atoms with E-state index in [0.29, 0.717) is 114 Å². The molecule has 0 saturated carbocycles. The van der Waals surface area contributed by atoms with E-state index >= 15 is 4.39 Å². The number of rotatable bonds is 15. The first kappa shape index (κ1) is 53.3. The second-order valence-electron chi connectivity index (χ2n) is 20.1. The molecule has 0 aliphatic carbocycles. The highest BCUT2D eigenvalue weighted by Gasteiger charge is 2.46. The minimum absolute atomic E-state index is 0.0417. The number of fused-ring (bicyclic) bond motifs is 1. The summed E-state index contributed by atoms with van der Waals surface area (Å²) in [7, 11) is 1.98. The molecule has 3 saturated heterocycles. The normalized spacial score (nSPS) is 20.7. The van der Waals surface area contributed by atoms with Gasteiger partial charge < -0.3 is 30.3 Å². The molecule has 1 unspecified atom stereocenters. The van der Waals surface area contributed by atoms with Gasteiger partial charge in [0.1, 0.15) is 11.9 Å². The van der Waals surface area contributed by atoms with Gasteiger partial charge in [0.05, 0.1) is 33.6 Å². The zero-order valence-corrected chi connectivity index (χ0v) is 42.5. The average Bonchev–Trinajstić information content (AvgIpc) is 3.65. The third-order valence-electron chi connectivity index (χ3n) is 15.0. The summed E-state index contributed by atoms with van der Waals surface area (Å²) in [6.45, 7) is 9.40. The first-order valence-corrected chi connectivity index (χ1v) is 25.6. The zero-order valence-electron chi connectivity index (χ0n) is 42.5. The highest BCUT2D eigenvalue weighted by Crippen LogP contribution is 2.38. The third kappa shape index (κ3) is 11.5. The van der Waals surface area contributed by atoms with Crippen molar-refractivity contribution >= 4 is 64.0 Å². The van der Waals surface area contributed by atoms with Crippen molar-refractivity contribution < 1.29 is 46.3 Å². The summed E-state index contributed by atoms with van der Waals surface area (Å²) >= 11 is 0. The first-order valence-electron chi connectivity index (χ1n) is 25.6. The van der Waals surface area contributed by atoms with Gasteiger partial charge in [0.15, 0.2) is 0 Å². The standard InChI is InChI=1S/C53H60F4N12O7/c1-31-28-68(29-32(2)64(31)3)43-24-39(54)36(22-41(43)62-48(73)37-27-59-45(71)23-38(37)53(55,56)57)34-13-16-67(17-14-34)52-60-25-33(26-61-52)30-65-18-20-66(21-19-65)46(72)10-5-4-6-15-58-40-9-7-8-35-47(40)51(76)69(50(35)75)42-11-12-44(70)63-49(42)74/h7-9,13,22-27,31-32,42,58H,4-6,10-12,14-21,28-30H2,1-3H3,(H,59,71)(H,62,73)(H,63,70,74)/t31-,32+,42?. The molecule has 2 aromatic carbocycles. The van der Waals surface area contributed by atoms with Gasteiger partial charge in [-0.1, -0.05) is 18.6 Å². The van der Waals surface area contributed by atoms with Gasteiger partial charge in [-0.25, -0.2) is 14.4 Å². The molecule has 5 aliphatic heterocycles. The van der Waals surface area contributed by atoms with Crippen LogP contribution in [0.2, 0.25) is 0 Å². The van der Waals surface area contributed by atoms with E-state index in [1.165, 1.54) is 12.1 Å². The van der Waals surface area contributed by atoms with Crippen LogP contribution in [0.4, 0.5) is 40.6 Å². The summed E-state index contributed by atoms with van der Waals surface area (Å²) in [5.41, 5.74) is -0.0390. The van der Waals surface area contributed by atoms with Crippen LogP contribution in [0.1, 0.15) is 107 Å². The predicted molar refractivity (Wildman–Crippen MR) is 274 cm³/mol. The Morgan fingerprint density at radius 2 is 1.58 bits per heavy atom. The number of pyridine rings is 1. The van der Waals surface area contributed by atoms with E-state index in [9.17, 15) is 46.7 Å². The average molecular weight is 1050 g/mol. The Hall–Kier alpha value is -7.53. The summed E-state index contributed by atoms with van der Waals surface area (Å²) in [4.78, 5) is 112. The number of alkyl halides is 3. The quantitative estimate of drug-likeness (QED) is 0.0692. The lowest BCUT2D eigenvalue weighted by atomic mass is 9.97. The van der Waals surface area contributed by atoms with E-state index in [1.807, 2.05) is 41.7 Å². The largest absolute Gasteiger partial charge is 0.417 e. The van der Waals surface area contributed by atoms with Gasteiger partial charge >= 0.3 is 6.18 Å². The lowest BCUT2D eigenvalue weighted by Crippen LogP contribution is -2.55. The van der Waals surface area contributed by atoms with Crippen molar-refractivity contribution in [3.8, 4) is 0 Å². The van der Waals surface area contributed by atoms with E-state index in [0.717, 1.165) is 29.5 Å². The molecule has 5 aliphatic rings. The van der Waals surface area contributed by atoms with E-state index in [-0.39, 0.29) is 53.2 Å². The van der Waals surface area contributed by atoms with Crippen molar-refractivity contribution in [2.24, 2.45) is 0 Å². The Morgan fingerprint density at radius 3 is 2.26 bits per heavy atom. The molecule has 0 radical (unpaired) electrons. The van der Waals surface area contributed by atoms with E-state index in [1.54, 1.807) is 30.6 Å². The van der Waals surface area contributed by atoms with Crippen molar-refractivity contribution in [1.29, 1.82) is 0 Å². The predicted octanol–water partition coefficient (Wildman–Crippen LogP) is 5.12. The van der Waals surface area contributed by atoms with Crippen LogP contribution in [-0.2, 0) is 27.1 Å². The number of amides is 6. The number of benzene rings is 2. The molecule has 2 aromatic heterocycles. The molecule has 23 heteroatoms. The molecule has 19 nitrogen and oxygen atoms in total. The van der Waals surface area contributed by atoms with Gasteiger partial charge in [0.25, 0.3) is 17.7 Å². The summed E-state index contributed by atoms with van der Waals surface area (Å²) in [6, 6.07) is 7.14. The van der Waals surface area contributed by atoms with Gasteiger partial charge in [-0.15, -0.1) is 0 Å². The maximum Gasteiger partial charge on any atom is 0.417 e. The maximum atomic E-state index is 16.2. The van der Waals surface area contributed by atoms with Crippen molar-refractivity contribution in [1.82, 2.24) is 39.9 Å². The summed E-state index contributed by atoms with van der Waals surface area (Å²) in [5, 5.41) is 8.08. The number of halogens is 4. The number of hydrogen-bond acceptors (Lipinski definition) is 14. The van der Waals surface area contributed by atoms with Gasteiger partial charge in [-0.2, -0.15) is 13.2 Å². The van der Waals surface area contributed by atoms with Crippen LogP contribution in [-0.4, -0.2) is 154 Å². The van der Waals surface area contributed by atoms with Crippen LogP contribution in [0.5, 0.6) is 0 Å². The zero-order chi connectivity index (χ0) is 54.0. The van der Waals surface area contributed by atoms with Crippen molar-refractivity contribution in [2.75, 3.05) is 86.4 Å². The number of imide groups is 2. The van der Waals surface area contributed by atoms with Crippen LogP contribution < -0.4 is 31.3 Å². The fourth-order valence-electron chi connectivity index (χ4n) is 10.6. The molecular weight excluding hydrogens is 993 g/mol. The van der Waals surface area contributed by atoms with E-state index < -0.39 is 64.3 Å². The van der Waals surface area contributed by atoms with Crippen molar-refractivity contribution in [3.05, 3.63) is 111 Å². The number of carbonyl (C=O) groups excluding carboxylic acids is 6. The fourth-order valence-corrected chi connectivity index (χ4v) is 10.6. The third-order valence-corrected chi connectivity index (χ3v) is 15.0. The van der Waals surface area contributed by atoms with Gasteiger partial charge in [-0.05, 0) is 76.4 Å². The molecule has 0 spiro atoms. The molecule has 4 aromatic rings. The Labute approximate surface area is 435 Å². The molecule has 402 valence electrons. The highest BCUT2D eigenvalue weighted by atomic mass is 19.4. The Balaban J connectivity index is 0.740. The number of nitrogens with zero attached hydrogens (tertiary/aromatic N) is 8. The summed E-state index contributed by atoms with van der Waals surface area (Å²) in [5.74, 6) is -3.30. The molecule has 7 heterocycles. The number of piperazine rings is 2. The number of likely N-dealkylation sites (N-methyl/N-ethyl adjacent to an activating group) is 1. The molecule has 3 atom stereocenters. The lowest BCUT2D eigenvalue weighted by Gasteiger charge is -2.44. The molecular formula is C53H60F4N12O7. The Morgan fingerprint density at radius 1 is 0.842 bits per heavy atom.